The molecule has 4 rings (SSSR count). The molecule has 186 valence electrons. The maximum Gasteiger partial charge on any atom is 0.265 e. The predicted molar refractivity (Wildman–Crippen MR) is 125 cm³/mol. The number of amides is 1. The molecule has 11 heteroatoms. The van der Waals surface area contributed by atoms with Gasteiger partial charge < -0.3 is 14.0 Å². The van der Waals surface area contributed by atoms with Crippen molar-refractivity contribution < 1.29 is 32.4 Å². The van der Waals surface area contributed by atoms with Gasteiger partial charge in [-0.25, -0.2) is 13.9 Å². The molecule has 10 nitrogen and oxygen atoms in total. The van der Waals surface area contributed by atoms with Crippen molar-refractivity contribution in [3.63, 3.8) is 0 Å². The topological polar surface area (TPSA) is 141 Å². The van der Waals surface area contributed by atoms with Crippen LogP contribution < -0.4 is 10.2 Å². The second kappa shape index (κ2) is 10.5. The molecular weight excluding hydrogens is 474 g/mol. The van der Waals surface area contributed by atoms with E-state index < -0.39 is 20.5 Å². The molecule has 2 aromatic carbocycles. The third-order valence-electron chi connectivity index (χ3n) is 6.01. The van der Waals surface area contributed by atoms with E-state index in [9.17, 15) is 13.2 Å². The number of hydrogen-bond acceptors (Lipinski definition) is 9. The standard InChI is InChI=1S/C24H27N3O7S/c1-17-4-2-5-18(16-17)22-25-21(34-27-22)6-3-13-33-19-7-9-20(10-8-19)35(30,31)24(23(28)26-29)11-14-32-15-12-24/h2,4-5,7-10,16,29H,3,6,11-15H2,1H3,(H,26,28). The Morgan fingerprint density at radius 3 is 2.60 bits per heavy atom. The first-order chi connectivity index (χ1) is 16.9. The fraction of sp³-hybridized carbons (Fsp3) is 0.375. The van der Waals surface area contributed by atoms with Crippen molar-refractivity contribution in [2.45, 2.75) is 42.2 Å². The highest BCUT2D eigenvalue weighted by Crippen LogP contribution is 2.35. The number of sulfone groups is 1. The average Bonchev–Trinajstić information content (AvgIpc) is 3.36. The summed E-state index contributed by atoms with van der Waals surface area (Å²) in [5.41, 5.74) is 3.51. The molecule has 2 heterocycles. The number of nitrogens with one attached hydrogen (secondary N) is 1. The van der Waals surface area contributed by atoms with E-state index in [1.807, 2.05) is 31.2 Å². The zero-order chi connectivity index (χ0) is 24.9. The Balaban J connectivity index is 1.34. The van der Waals surface area contributed by atoms with Crippen molar-refractivity contribution in [2.24, 2.45) is 0 Å². The molecule has 3 aromatic rings. The number of carbonyl (C=O) groups is 1. The largest absolute Gasteiger partial charge is 0.494 e. The van der Waals surface area contributed by atoms with Crippen molar-refractivity contribution in [1.29, 1.82) is 0 Å². The molecule has 1 aromatic heterocycles. The molecule has 0 spiro atoms. The molecule has 35 heavy (non-hydrogen) atoms. The minimum absolute atomic E-state index is 0.0233. The van der Waals surface area contributed by atoms with Gasteiger partial charge in [-0.15, -0.1) is 0 Å². The van der Waals surface area contributed by atoms with Crippen molar-refractivity contribution in [2.75, 3.05) is 19.8 Å². The van der Waals surface area contributed by atoms with Crippen LogP contribution in [-0.2, 0) is 25.8 Å². The number of benzene rings is 2. The third kappa shape index (κ3) is 5.21. The lowest BCUT2D eigenvalue weighted by atomic mass is 9.98. The second-order valence-electron chi connectivity index (χ2n) is 8.36. The summed E-state index contributed by atoms with van der Waals surface area (Å²) in [7, 11) is -4.07. The van der Waals surface area contributed by atoms with E-state index in [0.717, 1.165) is 11.1 Å². The lowest BCUT2D eigenvalue weighted by molar-refractivity contribution is -0.134. The number of carbonyl (C=O) groups excluding carboxylic acids is 1. The minimum Gasteiger partial charge on any atom is -0.494 e. The van der Waals surface area contributed by atoms with Crippen molar-refractivity contribution in [3.05, 3.63) is 60.0 Å². The quantitative estimate of drug-likeness (QED) is 0.257. The number of ether oxygens (including phenoxy) is 2. The van der Waals surface area contributed by atoms with Gasteiger partial charge in [-0.2, -0.15) is 4.98 Å². The zero-order valence-corrected chi connectivity index (χ0v) is 20.1. The van der Waals surface area contributed by atoms with E-state index in [0.29, 0.717) is 36.9 Å². The maximum absolute atomic E-state index is 13.3. The number of rotatable bonds is 9. The summed E-state index contributed by atoms with van der Waals surface area (Å²) in [5.74, 6) is 0.587. The van der Waals surface area contributed by atoms with Crippen LogP contribution in [0.4, 0.5) is 0 Å². The van der Waals surface area contributed by atoms with E-state index in [2.05, 4.69) is 10.1 Å². The van der Waals surface area contributed by atoms with E-state index in [1.54, 1.807) is 12.1 Å². The fourth-order valence-electron chi connectivity index (χ4n) is 4.03. The van der Waals surface area contributed by atoms with Crippen LogP contribution in [0.5, 0.6) is 5.75 Å². The molecular formula is C24H27N3O7S. The number of nitrogens with zero attached hydrogens (tertiary/aromatic N) is 2. The molecule has 0 bridgehead atoms. The first kappa shape index (κ1) is 24.8. The van der Waals surface area contributed by atoms with Gasteiger partial charge in [0, 0.05) is 25.2 Å². The van der Waals surface area contributed by atoms with Gasteiger partial charge in [-0.3, -0.25) is 10.0 Å². The lowest BCUT2D eigenvalue weighted by Gasteiger charge is -2.34. The summed E-state index contributed by atoms with van der Waals surface area (Å²) in [5, 5.41) is 13.2. The normalized spacial score (nSPS) is 15.5. The van der Waals surface area contributed by atoms with E-state index >= 15 is 0 Å². The number of hydroxylamine groups is 1. The van der Waals surface area contributed by atoms with Crippen LogP contribution in [0.25, 0.3) is 11.4 Å². The highest BCUT2D eigenvalue weighted by molar-refractivity contribution is 7.93. The Morgan fingerprint density at radius 2 is 1.91 bits per heavy atom. The highest BCUT2D eigenvalue weighted by Gasteiger charge is 2.52. The van der Waals surface area contributed by atoms with Crippen LogP contribution in [0.2, 0.25) is 0 Å². The van der Waals surface area contributed by atoms with E-state index in [-0.39, 0.29) is 31.0 Å². The Kier molecular flexibility index (Phi) is 7.48. The van der Waals surface area contributed by atoms with Crippen LogP contribution >= 0.6 is 0 Å². The van der Waals surface area contributed by atoms with Gasteiger partial charge >= 0.3 is 0 Å². The van der Waals surface area contributed by atoms with Crippen molar-refractivity contribution in [3.8, 4) is 17.1 Å². The van der Waals surface area contributed by atoms with Gasteiger partial charge in [-0.05, 0) is 56.5 Å². The first-order valence-electron chi connectivity index (χ1n) is 11.3. The number of aryl methyl sites for hydroxylation is 2. The summed E-state index contributed by atoms with van der Waals surface area (Å²) in [6, 6.07) is 13.7. The molecule has 1 aliphatic rings. The molecule has 1 aliphatic heterocycles. The summed E-state index contributed by atoms with van der Waals surface area (Å²) < 4.78 is 41.0. The van der Waals surface area contributed by atoms with Gasteiger partial charge in [0.15, 0.2) is 14.6 Å². The van der Waals surface area contributed by atoms with Crippen molar-refractivity contribution >= 4 is 15.7 Å². The van der Waals surface area contributed by atoms with Crippen LogP contribution in [0, 0.1) is 6.92 Å². The highest BCUT2D eigenvalue weighted by atomic mass is 32.2. The average molecular weight is 502 g/mol. The Hall–Kier alpha value is -3.28. The van der Waals surface area contributed by atoms with Gasteiger partial charge in [0.2, 0.25) is 11.7 Å². The Labute approximate surface area is 203 Å². The minimum atomic E-state index is -4.07. The number of aromatic nitrogens is 2. The Morgan fingerprint density at radius 1 is 1.17 bits per heavy atom. The second-order valence-corrected chi connectivity index (χ2v) is 10.6. The summed E-state index contributed by atoms with van der Waals surface area (Å²) in [4.78, 5) is 16.7. The molecule has 1 fully saturated rings. The van der Waals surface area contributed by atoms with Crippen LogP contribution in [0.1, 0.15) is 30.7 Å². The van der Waals surface area contributed by atoms with Crippen LogP contribution in [0.3, 0.4) is 0 Å². The summed E-state index contributed by atoms with van der Waals surface area (Å²) >= 11 is 0. The van der Waals surface area contributed by atoms with Crippen molar-refractivity contribution in [1.82, 2.24) is 15.6 Å². The van der Waals surface area contributed by atoms with Gasteiger partial charge in [0.25, 0.3) is 5.91 Å². The molecule has 0 saturated carbocycles. The fourth-order valence-corrected chi connectivity index (χ4v) is 5.97. The predicted octanol–water partition coefficient (Wildman–Crippen LogP) is 2.88. The molecule has 0 unspecified atom stereocenters. The van der Waals surface area contributed by atoms with Gasteiger partial charge in [-0.1, -0.05) is 28.9 Å². The van der Waals surface area contributed by atoms with Crippen LogP contribution in [-0.4, -0.2) is 54.2 Å². The SMILES string of the molecule is Cc1cccc(-c2noc(CCCOc3ccc(S(=O)(=O)C4(C(=O)NO)CCOCC4)cc3)n2)c1. The smallest absolute Gasteiger partial charge is 0.265 e. The van der Waals surface area contributed by atoms with Crippen LogP contribution in [0.15, 0.2) is 57.9 Å². The van der Waals surface area contributed by atoms with E-state index in [4.69, 9.17) is 19.2 Å². The molecule has 0 radical (unpaired) electrons. The van der Waals surface area contributed by atoms with Gasteiger partial charge in [0.1, 0.15) is 5.75 Å². The monoisotopic (exact) mass is 501 g/mol. The number of hydrogen-bond donors (Lipinski definition) is 2. The third-order valence-corrected chi connectivity index (χ3v) is 8.53. The van der Waals surface area contributed by atoms with E-state index in [1.165, 1.54) is 17.6 Å². The Bertz CT molecular complexity index is 1270. The zero-order valence-electron chi connectivity index (χ0n) is 19.3. The van der Waals surface area contributed by atoms with Gasteiger partial charge in [0.05, 0.1) is 11.5 Å². The first-order valence-corrected chi connectivity index (χ1v) is 12.7. The maximum atomic E-state index is 13.3. The molecule has 1 amide bonds. The lowest BCUT2D eigenvalue weighted by Crippen LogP contribution is -2.54. The summed E-state index contributed by atoms with van der Waals surface area (Å²) in [6.45, 7) is 2.59. The molecule has 1 saturated heterocycles. The molecule has 0 aliphatic carbocycles. The summed E-state index contributed by atoms with van der Waals surface area (Å²) in [6.07, 6.45) is 1.07. The molecule has 2 N–H and O–H groups in total. The molecule has 0 atom stereocenters.